The van der Waals surface area contributed by atoms with Crippen molar-refractivity contribution in [3.8, 4) is 0 Å². The lowest BCUT2D eigenvalue weighted by Crippen LogP contribution is -2.46. The maximum atomic E-state index is 13.2. The zero-order valence-corrected chi connectivity index (χ0v) is 17.9. The lowest BCUT2D eigenvalue weighted by atomic mass is 10.1. The van der Waals surface area contributed by atoms with E-state index in [2.05, 4.69) is 0 Å². The minimum atomic E-state index is -3.61. The van der Waals surface area contributed by atoms with Crippen LogP contribution in [0.15, 0.2) is 59.5 Å². The normalized spacial score (nSPS) is 20.1. The third-order valence-corrected chi connectivity index (χ3v) is 7.19. The number of sulfonamides is 1. The Labute approximate surface area is 173 Å². The first-order chi connectivity index (χ1) is 13.9. The Morgan fingerprint density at radius 1 is 1.07 bits per heavy atom. The van der Waals surface area contributed by atoms with Crippen LogP contribution in [0, 0.1) is 0 Å². The van der Waals surface area contributed by atoms with Gasteiger partial charge in [-0.3, -0.25) is 4.79 Å². The second-order valence-electron chi connectivity index (χ2n) is 7.17. The Hall–Kier alpha value is -2.22. The quantitative estimate of drug-likeness (QED) is 0.725. The van der Waals surface area contributed by atoms with Gasteiger partial charge < -0.3 is 9.64 Å². The van der Waals surface area contributed by atoms with Crippen molar-refractivity contribution in [1.82, 2.24) is 9.21 Å². The minimum Gasteiger partial charge on any atom is -0.367 e. The summed E-state index contributed by atoms with van der Waals surface area (Å²) < 4.78 is 33.0. The van der Waals surface area contributed by atoms with Crippen LogP contribution in [0.1, 0.15) is 42.8 Å². The smallest absolute Gasteiger partial charge is 0.254 e. The first kappa shape index (κ1) is 21.5. The Bertz CT molecular complexity index is 942. The molecular formula is C22H28N2O4S. The maximum Gasteiger partial charge on any atom is 0.254 e. The lowest BCUT2D eigenvalue weighted by Gasteiger charge is -2.37. The molecule has 2 unspecified atom stereocenters. The molecule has 1 aliphatic rings. The number of amides is 1. The highest BCUT2D eigenvalue weighted by Crippen LogP contribution is 2.26. The standard InChI is InChI=1S/C22H28N2O4S/c1-4-24(5-2)29(26,27)20-13-9-12-19(14-20)22(25)23-15-17(3)28-21(16-23)18-10-7-6-8-11-18/h6-14,17,21H,4-5,15-16H2,1-3H3. The van der Waals surface area contributed by atoms with Crippen molar-refractivity contribution in [2.24, 2.45) is 0 Å². The van der Waals surface area contributed by atoms with Crippen molar-refractivity contribution in [1.29, 1.82) is 0 Å². The SMILES string of the molecule is CCN(CC)S(=O)(=O)c1cccc(C(=O)N2CC(C)OC(c3ccccc3)C2)c1. The van der Waals surface area contributed by atoms with Crippen molar-refractivity contribution in [2.75, 3.05) is 26.2 Å². The zero-order valence-electron chi connectivity index (χ0n) is 17.1. The van der Waals surface area contributed by atoms with Crippen LogP contribution in [0.4, 0.5) is 0 Å². The van der Waals surface area contributed by atoms with E-state index in [0.29, 0.717) is 31.7 Å². The molecule has 0 radical (unpaired) electrons. The maximum absolute atomic E-state index is 13.2. The molecule has 1 heterocycles. The van der Waals surface area contributed by atoms with Gasteiger partial charge in [-0.2, -0.15) is 4.31 Å². The Balaban J connectivity index is 1.85. The second-order valence-corrected chi connectivity index (χ2v) is 9.11. The summed E-state index contributed by atoms with van der Waals surface area (Å²) in [5, 5.41) is 0. The van der Waals surface area contributed by atoms with E-state index in [4.69, 9.17) is 4.74 Å². The Morgan fingerprint density at radius 3 is 2.41 bits per heavy atom. The van der Waals surface area contributed by atoms with E-state index < -0.39 is 10.0 Å². The van der Waals surface area contributed by atoms with Gasteiger partial charge in [0.25, 0.3) is 5.91 Å². The summed E-state index contributed by atoms with van der Waals surface area (Å²) >= 11 is 0. The summed E-state index contributed by atoms with van der Waals surface area (Å²) in [5.41, 5.74) is 1.40. The molecule has 0 spiro atoms. The molecule has 0 saturated carbocycles. The Morgan fingerprint density at radius 2 is 1.76 bits per heavy atom. The van der Waals surface area contributed by atoms with Crippen LogP contribution in [-0.2, 0) is 14.8 Å². The molecule has 0 aliphatic carbocycles. The number of hydrogen-bond acceptors (Lipinski definition) is 4. The van der Waals surface area contributed by atoms with Gasteiger partial charge in [0.2, 0.25) is 10.0 Å². The number of rotatable bonds is 6. The van der Waals surface area contributed by atoms with Gasteiger partial charge in [0.1, 0.15) is 6.10 Å². The van der Waals surface area contributed by atoms with Gasteiger partial charge in [-0.1, -0.05) is 50.2 Å². The average Bonchev–Trinajstić information content (AvgIpc) is 2.74. The van der Waals surface area contributed by atoms with Crippen LogP contribution in [0.25, 0.3) is 0 Å². The van der Waals surface area contributed by atoms with Crippen LogP contribution in [0.5, 0.6) is 0 Å². The molecule has 0 N–H and O–H groups in total. The molecule has 2 aromatic rings. The number of hydrogen-bond donors (Lipinski definition) is 0. The third kappa shape index (κ3) is 4.69. The van der Waals surface area contributed by atoms with E-state index >= 15 is 0 Å². The number of nitrogens with zero attached hydrogens (tertiary/aromatic N) is 2. The largest absolute Gasteiger partial charge is 0.367 e. The van der Waals surface area contributed by atoms with E-state index in [1.807, 2.05) is 37.3 Å². The van der Waals surface area contributed by atoms with Crippen LogP contribution in [0.3, 0.4) is 0 Å². The molecule has 1 amide bonds. The summed E-state index contributed by atoms with van der Waals surface area (Å²) in [7, 11) is -3.61. The molecule has 2 aromatic carbocycles. The van der Waals surface area contributed by atoms with Gasteiger partial charge in [0.15, 0.2) is 0 Å². The van der Waals surface area contributed by atoms with Crippen molar-refractivity contribution in [3.63, 3.8) is 0 Å². The predicted molar refractivity (Wildman–Crippen MR) is 112 cm³/mol. The molecular weight excluding hydrogens is 388 g/mol. The highest BCUT2D eigenvalue weighted by molar-refractivity contribution is 7.89. The van der Waals surface area contributed by atoms with Crippen LogP contribution < -0.4 is 0 Å². The van der Waals surface area contributed by atoms with Gasteiger partial charge in [-0.25, -0.2) is 8.42 Å². The minimum absolute atomic E-state index is 0.111. The van der Waals surface area contributed by atoms with E-state index in [1.165, 1.54) is 10.4 Å². The molecule has 29 heavy (non-hydrogen) atoms. The molecule has 2 atom stereocenters. The van der Waals surface area contributed by atoms with Gasteiger partial charge >= 0.3 is 0 Å². The van der Waals surface area contributed by atoms with E-state index in [-0.39, 0.29) is 23.0 Å². The van der Waals surface area contributed by atoms with Crippen LogP contribution in [0.2, 0.25) is 0 Å². The Kier molecular flexibility index (Phi) is 6.72. The number of benzene rings is 2. The van der Waals surface area contributed by atoms with Gasteiger partial charge in [0.05, 0.1) is 17.5 Å². The molecule has 156 valence electrons. The molecule has 1 aliphatic heterocycles. The first-order valence-electron chi connectivity index (χ1n) is 9.96. The monoisotopic (exact) mass is 416 g/mol. The van der Waals surface area contributed by atoms with Crippen LogP contribution >= 0.6 is 0 Å². The van der Waals surface area contributed by atoms with Gasteiger partial charge in [0, 0.05) is 25.2 Å². The lowest BCUT2D eigenvalue weighted by molar-refractivity contribution is -0.0691. The van der Waals surface area contributed by atoms with Crippen LogP contribution in [-0.4, -0.2) is 55.8 Å². The topological polar surface area (TPSA) is 66.9 Å². The summed E-state index contributed by atoms with van der Waals surface area (Å²) in [4.78, 5) is 15.1. The molecule has 3 rings (SSSR count). The first-order valence-corrected chi connectivity index (χ1v) is 11.4. The summed E-state index contributed by atoms with van der Waals surface area (Å²) in [6.07, 6.45) is -0.313. The fourth-order valence-electron chi connectivity index (χ4n) is 3.65. The molecule has 1 saturated heterocycles. The summed E-state index contributed by atoms with van der Waals surface area (Å²) in [6, 6.07) is 16.1. The number of ether oxygens (including phenoxy) is 1. The number of morpholine rings is 1. The van der Waals surface area contributed by atoms with E-state index in [9.17, 15) is 13.2 Å². The van der Waals surface area contributed by atoms with Gasteiger partial charge in [-0.15, -0.1) is 0 Å². The molecule has 6 nitrogen and oxygen atoms in total. The summed E-state index contributed by atoms with van der Waals surface area (Å²) in [6.45, 7) is 7.21. The number of carbonyl (C=O) groups excluding carboxylic acids is 1. The predicted octanol–water partition coefficient (Wildman–Crippen LogP) is 3.32. The number of carbonyl (C=O) groups is 1. The van der Waals surface area contributed by atoms with Crippen molar-refractivity contribution >= 4 is 15.9 Å². The highest BCUT2D eigenvalue weighted by Gasteiger charge is 2.30. The molecule has 7 heteroatoms. The van der Waals surface area contributed by atoms with Crippen molar-refractivity contribution in [2.45, 2.75) is 37.9 Å². The van der Waals surface area contributed by atoms with Gasteiger partial charge in [-0.05, 0) is 30.7 Å². The zero-order chi connectivity index (χ0) is 21.0. The highest BCUT2D eigenvalue weighted by atomic mass is 32.2. The molecule has 0 aromatic heterocycles. The van der Waals surface area contributed by atoms with Crippen molar-refractivity contribution in [3.05, 3.63) is 65.7 Å². The fraction of sp³-hybridized carbons (Fsp3) is 0.409. The third-order valence-electron chi connectivity index (χ3n) is 5.14. The molecule has 1 fully saturated rings. The average molecular weight is 417 g/mol. The molecule has 0 bridgehead atoms. The van der Waals surface area contributed by atoms with E-state index in [1.54, 1.807) is 36.9 Å². The summed E-state index contributed by atoms with van der Waals surface area (Å²) in [5.74, 6) is -0.183. The van der Waals surface area contributed by atoms with E-state index in [0.717, 1.165) is 5.56 Å². The fourth-order valence-corrected chi connectivity index (χ4v) is 5.16. The van der Waals surface area contributed by atoms with Crippen molar-refractivity contribution < 1.29 is 17.9 Å². The second kappa shape index (κ2) is 9.07.